The van der Waals surface area contributed by atoms with Crippen LogP contribution < -0.4 is 15.0 Å². The van der Waals surface area contributed by atoms with Crippen molar-refractivity contribution >= 4 is 29.1 Å². The molecule has 1 fully saturated rings. The maximum absolute atomic E-state index is 12.5. The van der Waals surface area contributed by atoms with Crippen molar-refractivity contribution in [3.8, 4) is 5.75 Å². The number of carbonyl (C=O) groups excluding carboxylic acids is 2. The number of nitrogens with zero attached hydrogens (tertiary/aromatic N) is 1. The zero-order valence-electron chi connectivity index (χ0n) is 14.6. The Balaban J connectivity index is 1.65. The summed E-state index contributed by atoms with van der Waals surface area (Å²) in [4.78, 5) is 26.6. The van der Waals surface area contributed by atoms with Gasteiger partial charge in [0.25, 0.3) is 0 Å². The average Bonchev–Trinajstić information content (AvgIpc) is 3.02. The van der Waals surface area contributed by atoms with Gasteiger partial charge in [0.05, 0.1) is 18.2 Å². The summed E-state index contributed by atoms with van der Waals surface area (Å²) in [5, 5.41) is 3.52. The van der Waals surface area contributed by atoms with Gasteiger partial charge >= 0.3 is 0 Å². The summed E-state index contributed by atoms with van der Waals surface area (Å²) >= 11 is 5.96. The SMILES string of the molecule is CCOc1ccccc1N1C[C@H](C(=O)NCc2cccc(Cl)c2)CC1=O. The molecule has 5 nitrogen and oxygen atoms in total. The average molecular weight is 373 g/mol. The molecule has 1 saturated heterocycles. The van der Waals surface area contributed by atoms with E-state index in [1.807, 2.05) is 49.4 Å². The van der Waals surface area contributed by atoms with Crippen molar-refractivity contribution in [1.29, 1.82) is 0 Å². The lowest BCUT2D eigenvalue weighted by Gasteiger charge is -2.20. The Labute approximate surface area is 157 Å². The second-order valence-corrected chi connectivity index (χ2v) is 6.59. The lowest BCUT2D eigenvalue weighted by atomic mass is 10.1. The second kappa shape index (κ2) is 8.23. The zero-order valence-corrected chi connectivity index (χ0v) is 15.3. The van der Waals surface area contributed by atoms with Crippen LogP contribution in [0.3, 0.4) is 0 Å². The number of halogens is 1. The van der Waals surface area contributed by atoms with Gasteiger partial charge in [0.1, 0.15) is 5.75 Å². The minimum Gasteiger partial charge on any atom is -0.492 e. The van der Waals surface area contributed by atoms with Crippen LogP contribution >= 0.6 is 11.6 Å². The topological polar surface area (TPSA) is 58.6 Å². The first-order chi connectivity index (χ1) is 12.6. The highest BCUT2D eigenvalue weighted by Gasteiger charge is 2.36. The maximum atomic E-state index is 12.5. The highest BCUT2D eigenvalue weighted by atomic mass is 35.5. The molecule has 0 saturated carbocycles. The van der Waals surface area contributed by atoms with Gasteiger partial charge in [0, 0.05) is 24.5 Å². The summed E-state index contributed by atoms with van der Waals surface area (Å²) in [6, 6.07) is 14.7. The fourth-order valence-electron chi connectivity index (χ4n) is 3.05. The number of hydrogen-bond acceptors (Lipinski definition) is 3. The van der Waals surface area contributed by atoms with Crippen LogP contribution in [-0.4, -0.2) is 25.0 Å². The van der Waals surface area contributed by atoms with Crippen LogP contribution in [-0.2, 0) is 16.1 Å². The molecule has 0 aliphatic carbocycles. The predicted octanol–water partition coefficient (Wildman–Crippen LogP) is 3.41. The Hall–Kier alpha value is -2.53. The number of para-hydroxylation sites is 2. The molecule has 26 heavy (non-hydrogen) atoms. The Kier molecular flexibility index (Phi) is 5.78. The van der Waals surface area contributed by atoms with Crippen LogP contribution in [0.4, 0.5) is 5.69 Å². The standard InChI is InChI=1S/C20H21ClN2O3/c1-2-26-18-9-4-3-8-17(18)23-13-15(11-19(23)24)20(25)22-12-14-6-5-7-16(21)10-14/h3-10,15H,2,11-13H2,1H3,(H,22,25)/t15-/m1/s1. The normalized spacial score (nSPS) is 16.6. The van der Waals surface area contributed by atoms with Crippen LogP contribution in [0.25, 0.3) is 0 Å². The van der Waals surface area contributed by atoms with Crippen molar-refractivity contribution in [2.75, 3.05) is 18.1 Å². The lowest BCUT2D eigenvalue weighted by molar-refractivity contribution is -0.126. The molecule has 0 radical (unpaired) electrons. The maximum Gasteiger partial charge on any atom is 0.227 e. The predicted molar refractivity (Wildman–Crippen MR) is 101 cm³/mol. The van der Waals surface area contributed by atoms with Crippen molar-refractivity contribution in [3.63, 3.8) is 0 Å². The van der Waals surface area contributed by atoms with E-state index in [0.717, 1.165) is 5.56 Å². The molecule has 2 aromatic carbocycles. The van der Waals surface area contributed by atoms with Crippen LogP contribution in [0.1, 0.15) is 18.9 Å². The third-order valence-corrected chi connectivity index (χ3v) is 4.54. The quantitative estimate of drug-likeness (QED) is 0.845. The van der Waals surface area contributed by atoms with E-state index in [0.29, 0.717) is 36.2 Å². The molecule has 2 aromatic rings. The highest BCUT2D eigenvalue weighted by Crippen LogP contribution is 2.33. The van der Waals surface area contributed by atoms with Gasteiger partial charge in [0.2, 0.25) is 11.8 Å². The van der Waals surface area contributed by atoms with E-state index < -0.39 is 0 Å². The summed E-state index contributed by atoms with van der Waals surface area (Å²) in [6.45, 7) is 3.15. The molecule has 0 spiro atoms. The molecule has 1 heterocycles. The Morgan fingerprint density at radius 1 is 1.27 bits per heavy atom. The van der Waals surface area contributed by atoms with Gasteiger partial charge in [0.15, 0.2) is 0 Å². The summed E-state index contributed by atoms with van der Waals surface area (Å²) in [5.74, 6) is 0.0782. The summed E-state index contributed by atoms with van der Waals surface area (Å²) in [5.41, 5.74) is 1.64. The number of carbonyl (C=O) groups is 2. The van der Waals surface area contributed by atoms with Gasteiger partial charge < -0.3 is 15.0 Å². The van der Waals surface area contributed by atoms with Crippen molar-refractivity contribution in [1.82, 2.24) is 5.32 Å². The number of hydrogen-bond donors (Lipinski definition) is 1. The molecular formula is C20H21ClN2O3. The van der Waals surface area contributed by atoms with Crippen molar-refractivity contribution in [2.45, 2.75) is 19.9 Å². The van der Waals surface area contributed by atoms with E-state index in [1.54, 1.807) is 11.0 Å². The molecule has 1 aliphatic heterocycles. The van der Waals surface area contributed by atoms with Gasteiger partial charge in [-0.25, -0.2) is 0 Å². The van der Waals surface area contributed by atoms with E-state index in [2.05, 4.69) is 5.32 Å². The van der Waals surface area contributed by atoms with E-state index in [-0.39, 0.29) is 24.2 Å². The van der Waals surface area contributed by atoms with Crippen molar-refractivity contribution in [3.05, 3.63) is 59.1 Å². The van der Waals surface area contributed by atoms with Gasteiger partial charge in [-0.1, -0.05) is 35.9 Å². The van der Waals surface area contributed by atoms with Gasteiger partial charge in [-0.3, -0.25) is 9.59 Å². The minimum atomic E-state index is -0.378. The number of ether oxygens (including phenoxy) is 1. The number of amides is 2. The molecular weight excluding hydrogens is 352 g/mol. The fourth-order valence-corrected chi connectivity index (χ4v) is 3.27. The molecule has 3 rings (SSSR count). The zero-order chi connectivity index (χ0) is 18.5. The van der Waals surface area contributed by atoms with Crippen LogP contribution in [0.5, 0.6) is 5.75 Å². The first kappa shape index (κ1) is 18.3. The first-order valence-corrected chi connectivity index (χ1v) is 9.00. The highest BCUT2D eigenvalue weighted by molar-refractivity contribution is 6.30. The summed E-state index contributed by atoms with van der Waals surface area (Å²) in [6.07, 6.45) is 0.196. The van der Waals surface area contributed by atoms with E-state index in [4.69, 9.17) is 16.3 Å². The first-order valence-electron chi connectivity index (χ1n) is 8.63. The van der Waals surface area contributed by atoms with Crippen LogP contribution in [0, 0.1) is 5.92 Å². The fraction of sp³-hybridized carbons (Fsp3) is 0.300. The summed E-state index contributed by atoms with van der Waals surface area (Å²) in [7, 11) is 0. The molecule has 1 aliphatic rings. The molecule has 1 N–H and O–H groups in total. The Morgan fingerprint density at radius 2 is 2.08 bits per heavy atom. The molecule has 0 bridgehead atoms. The smallest absolute Gasteiger partial charge is 0.227 e. The number of rotatable bonds is 6. The van der Waals surface area contributed by atoms with Crippen molar-refractivity contribution in [2.24, 2.45) is 5.92 Å². The largest absolute Gasteiger partial charge is 0.492 e. The molecule has 1 atom stereocenters. The van der Waals surface area contributed by atoms with E-state index in [9.17, 15) is 9.59 Å². The molecule has 0 aromatic heterocycles. The van der Waals surface area contributed by atoms with Gasteiger partial charge in [-0.05, 0) is 36.8 Å². The van der Waals surface area contributed by atoms with Crippen LogP contribution in [0.2, 0.25) is 5.02 Å². The third kappa shape index (κ3) is 4.17. The number of benzene rings is 2. The van der Waals surface area contributed by atoms with Gasteiger partial charge in [-0.2, -0.15) is 0 Å². The molecule has 2 amide bonds. The molecule has 0 unspecified atom stereocenters. The number of anilines is 1. The summed E-state index contributed by atoms with van der Waals surface area (Å²) < 4.78 is 5.60. The lowest BCUT2D eigenvalue weighted by Crippen LogP contribution is -2.32. The van der Waals surface area contributed by atoms with Crippen molar-refractivity contribution < 1.29 is 14.3 Å². The minimum absolute atomic E-state index is 0.0694. The monoisotopic (exact) mass is 372 g/mol. The third-order valence-electron chi connectivity index (χ3n) is 4.31. The van der Waals surface area contributed by atoms with Crippen LogP contribution in [0.15, 0.2) is 48.5 Å². The molecule has 6 heteroatoms. The second-order valence-electron chi connectivity index (χ2n) is 6.15. The van der Waals surface area contributed by atoms with E-state index in [1.165, 1.54) is 0 Å². The molecule has 136 valence electrons. The number of nitrogens with one attached hydrogen (secondary N) is 1. The van der Waals surface area contributed by atoms with Gasteiger partial charge in [-0.15, -0.1) is 0 Å². The van der Waals surface area contributed by atoms with E-state index >= 15 is 0 Å². The Bertz CT molecular complexity index is 809. The Morgan fingerprint density at radius 3 is 2.85 bits per heavy atom.